The molecule has 3 heterocycles. The summed E-state index contributed by atoms with van der Waals surface area (Å²) in [7, 11) is 0. The Morgan fingerprint density at radius 1 is 1.19 bits per heavy atom. The number of carbonyl (C=O) groups excluding carboxylic acids is 1. The molecule has 3 aromatic rings. The van der Waals surface area contributed by atoms with E-state index in [1.165, 1.54) is 17.5 Å². The number of hydrogen-bond donors (Lipinski definition) is 3. The molecule has 1 aliphatic rings. The molecule has 1 amide bonds. The Labute approximate surface area is 195 Å². The summed E-state index contributed by atoms with van der Waals surface area (Å²) in [5.74, 6) is 1.90. The monoisotopic (exact) mass is 475 g/mol. The maximum absolute atomic E-state index is 12.7. The molecule has 2 aromatic heterocycles. The van der Waals surface area contributed by atoms with Crippen molar-refractivity contribution in [3.63, 3.8) is 0 Å². The van der Waals surface area contributed by atoms with Crippen LogP contribution in [0.5, 0.6) is 0 Å². The predicted octanol–water partition coefficient (Wildman–Crippen LogP) is 4.17. The molecule has 0 bridgehead atoms. The number of thiazole rings is 1. The number of halogens is 1. The third kappa shape index (κ3) is 5.27. The topological polar surface area (TPSA) is 86.3 Å². The maximum Gasteiger partial charge on any atom is 0.267 e. The number of carbonyl (C=O) groups is 1. The first-order valence-corrected chi connectivity index (χ1v) is 11.3. The minimum absolute atomic E-state index is 0.258. The smallest absolute Gasteiger partial charge is 0.267 e. The van der Waals surface area contributed by atoms with Crippen LogP contribution in [0.15, 0.2) is 30.5 Å². The first kappa shape index (κ1) is 21.8. The molecule has 31 heavy (non-hydrogen) atoms. The molecular formula is C20H22ClN7OS2. The Morgan fingerprint density at radius 2 is 1.97 bits per heavy atom. The number of thiol groups is 1. The highest BCUT2D eigenvalue weighted by molar-refractivity contribution is 7.77. The molecule has 0 saturated carbocycles. The van der Waals surface area contributed by atoms with E-state index in [1.807, 2.05) is 36.4 Å². The molecule has 0 radical (unpaired) electrons. The zero-order valence-electron chi connectivity index (χ0n) is 17.1. The van der Waals surface area contributed by atoms with E-state index in [0.29, 0.717) is 32.4 Å². The number of aromatic nitrogens is 3. The Morgan fingerprint density at radius 3 is 2.71 bits per heavy atom. The summed E-state index contributed by atoms with van der Waals surface area (Å²) in [5.41, 5.74) is 1.50. The van der Waals surface area contributed by atoms with Crippen molar-refractivity contribution in [2.45, 2.75) is 13.8 Å². The van der Waals surface area contributed by atoms with Crippen LogP contribution in [0.25, 0.3) is 0 Å². The molecule has 2 N–H and O–H groups in total. The van der Waals surface area contributed by atoms with Crippen molar-refractivity contribution in [2.75, 3.05) is 41.7 Å². The van der Waals surface area contributed by atoms with Crippen molar-refractivity contribution in [3.05, 3.63) is 51.7 Å². The minimum Gasteiger partial charge on any atom is -0.354 e. The molecule has 1 aliphatic heterocycles. The van der Waals surface area contributed by atoms with Crippen molar-refractivity contribution >= 4 is 64.1 Å². The van der Waals surface area contributed by atoms with Crippen molar-refractivity contribution in [3.8, 4) is 0 Å². The lowest BCUT2D eigenvalue weighted by Crippen LogP contribution is -2.43. The SMILES string of the molecule is Cc1nc(Nc2ncc(C(=O)Nc3c(C)cccc3Cl)s2)cc(N2CCN(S)CC2)n1. The molecule has 4 rings (SSSR count). The summed E-state index contributed by atoms with van der Waals surface area (Å²) < 4.78 is 2.00. The molecule has 0 atom stereocenters. The van der Waals surface area contributed by atoms with E-state index in [-0.39, 0.29) is 5.91 Å². The summed E-state index contributed by atoms with van der Waals surface area (Å²) in [5, 5.41) is 7.13. The van der Waals surface area contributed by atoms with Gasteiger partial charge in [-0.15, -0.1) is 0 Å². The van der Waals surface area contributed by atoms with Crippen LogP contribution in [-0.4, -0.2) is 51.3 Å². The van der Waals surface area contributed by atoms with Gasteiger partial charge in [-0.05, 0) is 25.5 Å². The zero-order valence-corrected chi connectivity index (χ0v) is 19.6. The number of aryl methyl sites for hydroxylation is 2. The van der Waals surface area contributed by atoms with E-state index >= 15 is 0 Å². The third-order valence-electron chi connectivity index (χ3n) is 4.83. The Hall–Kier alpha value is -2.40. The lowest BCUT2D eigenvalue weighted by molar-refractivity contribution is 0.103. The molecule has 0 aliphatic carbocycles. The van der Waals surface area contributed by atoms with Crippen LogP contribution in [0.2, 0.25) is 5.02 Å². The van der Waals surface area contributed by atoms with Crippen LogP contribution in [-0.2, 0) is 0 Å². The standard InChI is InChI=1S/C20H22ClN7OS2/c1-12-4-3-5-14(21)18(12)26-19(29)15-11-22-20(31-15)25-16-10-17(24-13(2)23-16)27-6-8-28(30)9-7-27/h3-5,10-11,30H,6-9H2,1-2H3,(H,26,29)(H,22,23,24,25). The molecule has 1 aromatic carbocycles. The van der Waals surface area contributed by atoms with Crippen LogP contribution < -0.4 is 15.5 Å². The number of amides is 1. The summed E-state index contributed by atoms with van der Waals surface area (Å²) in [4.78, 5) is 28.7. The van der Waals surface area contributed by atoms with Crippen LogP contribution >= 0.6 is 35.8 Å². The normalized spacial score (nSPS) is 14.5. The molecule has 0 spiro atoms. The number of nitrogens with one attached hydrogen (secondary N) is 2. The Kier molecular flexibility index (Phi) is 6.61. The van der Waals surface area contributed by atoms with Gasteiger partial charge in [0.2, 0.25) is 0 Å². The average molecular weight is 476 g/mol. The van der Waals surface area contributed by atoms with E-state index in [0.717, 1.165) is 37.6 Å². The second-order valence-electron chi connectivity index (χ2n) is 7.14. The van der Waals surface area contributed by atoms with Gasteiger partial charge in [0.25, 0.3) is 5.91 Å². The number of hydrogen-bond acceptors (Lipinski definition) is 9. The lowest BCUT2D eigenvalue weighted by Gasteiger charge is -2.32. The first-order chi connectivity index (χ1) is 14.9. The van der Waals surface area contributed by atoms with E-state index in [2.05, 4.69) is 43.3 Å². The van der Waals surface area contributed by atoms with Gasteiger partial charge in [-0.3, -0.25) is 4.79 Å². The molecule has 162 valence electrons. The summed E-state index contributed by atoms with van der Waals surface area (Å²) in [6.07, 6.45) is 1.54. The highest BCUT2D eigenvalue weighted by atomic mass is 35.5. The Bertz CT molecular complexity index is 1080. The first-order valence-electron chi connectivity index (χ1n) is 9.73. The van der Waals surface area contributed by atoms with Gasteiger partial charge >= 0.3 is 0 Å². The van der Waals surface area contributed by atoms with Gasteiger partial charge in [-0.25, -0.2) is 19.3 Å². The van der Waals surface area contributed by atoms with Gasteiger partial charge in [0, 0.05) is 32.2 Å². The lowest BCUT2D eigenvalue weighted by atomic mass is 10.2. The van der Waals surface area contributed by atoms with E-state index in [1.54, 1.807) is 6.07 Å². The van der Waals surface area contributed by atoms with Crippen molar-refractivity contribution in [2.24, 2.45) is 0 Å². The number of anilines is 4. The predicted molar refractivity (Wildman–Crippen MR) is 129 cm³/mol. The molecule has 1 saturated heterocycles. The van der Waals surface area contributed by atoms with Gasteiger partial charge in [0.05, 0.1) is 16.9 Å². The average Bonchev–Trinajstić information content (AvgIpc) is 3.19. The second-order valence-corrected chi connectivity index (χ2v) is 9.14. The fraction of sp³-hybridized carbons (Fsp3) is 0.300. The van der Waals surface area contributed by atoms with Crippen LogP contribution in [0.3, 0.4) is 0 Å². The molecule has 8 nitrogen and oxygen atoms in total. The van der Waals surface area contributed by atoms with Crippen molar-refractivity contribution in [1.82, 2.24) is 19.3 Å². The molecule has 0 unspecified atom stereocenters. The molecule has 11 heteroatoms. The van der Waals surface area contributed by atoms with Crippen molar-refractivity contribution < 1.29 is 4.79 Å². The highest BCUT2D eigenvalue weighted by Crippen LogP contribution is 2.28. The number of rotatable bonds is 5. The number of para-hydroxylation sites is 1. The van der Waals surface area contributed by atoms with Gasteiger partial charge < -0.3 is 15.5 Å². The molecule has 1 fully saturated rings. The number of nitrogens with zero attached hydrogens (tertiary/aromatic N) is 5. The summed E-state index contributed by atoms with van der Waals surface area (Å²) >= 11 is 11.9. The van der Waals surface area contributed by atoms with Gasteiger partial charge in [-0.1, -0.05) is 47.9 Å². The minimum atomic E-state index is -0.258. The van der Waals surface area contributed by atoms with E-state index in [4.69, 9.17) is 11.6 Å². The summed E-state index contributed by atoms with van der Waals surface area (Å²) in [6, 6.07) is 7.38. The third-order valence-corrected chi connectivity index (χ3v) is 6.46. The fourth-order valence-electron chi connectivity index (χ4n) is 3.21. The van der Waals surface area contributed by atoms with E-state index in [9.17, 15) is 4.79 Å². The molecular weight excluding hydrogens is 454 g/mol. The largest absolute Gasteiger partial charge is 0.354 e. The number of benzene rings is 1. The number of piperazine rings is 1. The summed E-state index contributed by atoms with van der Waals surface area (Å²) in [6.45, 7) is 7.18. The fourth-order valence-corrected chi connectivity index (χ4v) is 4.38. The maximum atomic E-state index is 12.7. The van der Waals surface area contributed by atoms with Crippen LogP contribution in [0.4, 0.5) is 22.5 Å². The second kappa shape index (κ2) is 9.39. The van der Waals surface area contributed by atoms with Crippen LogP contribution in [0.1, 0.15) is 21.1 Å². The Balaban J connectivity index is 1.47. The van der Waals surface area contributed by atoms with Gasteiger partial charge in [0.15, 0.2) is 5.13 Å². The zero-order chi connectivity index (χ0) is 22.0. The van der Waals surface area contributed by atoms with Gasteiger partial charge in [-0.2, -0.15) is 0 Å². The van der Waals surface area contributed by atoms with E-state index < -0.39 is 0 Å². The highest BCUT2D eigenvalue weighted by Gasteiger charge is 2.18. The van der Waals surface area contributed by atoms with Gasteiger partial charge in [0.1, 0.15) is 22.3 Å². The van der Waals surface area contributed by atoms with Crippen LogP contribution in [0, 0.1) is 13.8 Å². The quantitative estimate of drug-likeness (QED) is 0.477. The van der Waals surface area contributed by atoms with Crippen molar-refractivity contribution in [1.29, 1.82) is 0 Å².